The van der Waals surface area contributed by atoms with Gasteiger partial charge in [0, 0.05) is 6.42 Å². The highest BCUT2D eigenvalue weighted by Crippen LogP contribution is 2.26. The van der Waals surface area contributed by atoms with Crippen molar-refractivity contribution in [3.8, 4) is 6.07 Å². The van der Waals surface area contributed by atoms with Gasteiger partial charge < -0.3 is 4.90 Å². The summed E-state index contributed by atoms with van der Waals surface area (Å²) in [4.78, 5) is 4.85. The molecule has 4 nitrogen and oxygen atoms in total. The summed E-state index contributed by atoms with van der Waals surface area (Å²) in [5.74, 6) is 0.955. The molecule has 2 aliphatic rings. The van der Waals surface area contributed by atoms with E-state index in [-0.39, 0.29) is 0 Å². The Kier molecular flexibility index (Phi) is 5.20. The maximum atomic E-state index is 9.46. The van der Waals surface area contributed by atoms with Crippen LogP contribution in [0.15, 0.2) is 12.7 Å². The van der Waals surface area contributed by atoms with Gasteiger partial charge in [0.25, 0.3) is 5.82 Å². The predicted molar refractivity (Wildman–Crippen MR) is 91.5 cm³/mol. The summed E-state index contributed by atoms with van der Waals surface area (Å²) >= 11 is 6.28. The molecular formula is C18H25ClN4+2. The summed E-state index contributed by atoms with van der Waals surface area (Å²) in [7, 11) is 0. The highest BCUT2D eigenvalue weighted by atomic mass is 35.5. The number of hydrogen-bond acceptors (Lipinski definition) is 2. The summed E-state index contributed by atoms with van der Waals surface area (Å²) in [6.45, 7) is 6.53. The molecule has 1 aliphatic carbocycles. The van der Waals surface area contributed by atoms with E-state index in [0.717, 1.165) is 36.9 Å². The van der Waals surface area contributed by atoms with E-state index in [9.17, 15) is 5.26 Å². The first-order valence-corrected chi connectivity index (χ1v) is 8.98. The highest BCUT2D eigenvalue weighted by molar-refractivity contribution is 6.29. The van der Waals surface area contributed by atoms with Gasteiger partial charge in [-0.05, 0) is 42.8 Å². The van der Waals surface area contributed by atoms with E-state index in [1.807, 2.05) is 6.08 Å². The Labute approximate surface area is 143 Å². The van der Waals surface area contributed by atoms with Crippen molar-refractivity contribution < 1.29 is 9.88 Å². The molecule has 1 unspecified atom stereocenters. The largest absolute Gasteiger partial charge is 0.328 e. The van der Waals surface area contributed by atoms with Crippen LogP contribution in [0.1, 0.15) is 48.8 Å². The third kappa shape index (κ3) is 3.36. The number of rotatable bonds is 4. The second-order valence-corrected chi connectivity index (χ2v) is 6.98. The van der Waals surface area contributed by atoms with Crippen molar-refractivity contribution in [1.29, 1.82) is 5.26 Å². The molecule has 1 fully saturated rings. The summed E-state index contributed by atoms with van der Waals surface area (Å²) in [6, 6.07) is 3.05. The van der Waals surface area contributed by atoms with E-state index in [4.69, 9.17) is 11.6 Å². The monoisotopic (exact) mass is 332 g/mol. The fourth-order valence-electron chi connectivity index (χ4n) is 4.05. The number of hydrogen-bond donors (Lipinski definition) is 2. The van der Waals surface area contributed by atoms with Crippen LogP contribution >= 0.6 is 11.6 Å². The molecule has 1 aromatic rings. The van der Waals surface area contributed by atoms with Crippen LogP contribution in [-0.2, 0) is 13.0 Å². The van der Waals surface area contributed by atoms with Gasteiger partial charge in [0.1, 0.15) is 24.7 Å². The molecule has 2 heterocycles. The van der Waals surface area contributed by atoms with Crippen molar-refractivity contribution in [2.75, 3.05) is 18.4 Å². The Bertz CT molecular complexity index is 629. The molecule has 0 aromatic carbocycles. The molecule has 1 saturated carbocycles. The van der Waals surface area contributed by atoms with Crippen molar-refractivity contribution in [2.24, 2.45) is 0 Å². The minimum atomic E-state index is 0.443. The number of pyridine rings is 1. The first kappa shape index (κ1) is 16.3. The van der Waals surface area contributed by atoms with Gasteiger partial charge in [0.15, 0.2) is 0 Å². The average molecular weight is 333 g/mol. The van der Waals surface area contributed by atoms with Gasteiger partial charge in [-0.1, -0.05) is 19.1 Å². The van der Waals surface area contributed by atoms with Gasteiger partial charge in [-0.3, -0.25) is 5.32 Å². The molecule has 3 N–H and O–H groups in total. The molecule has 0 spiro atoms. The van der Waals surface area contributed by atoms with Crippen LogP contribution in [0.2, 0.25) is 5.15 Å². The Morgan fingerprint density at radius 3 is 2.83 bits per heavy atom. The van der Waals surface area contributed by atoms with Crippen molar-refractivity contribution in [2.45, 2.75) is 51.1 Å². The van der Waals surface area contributed by atoms with E-state index in [1.54, 1.807) is 4.90 Å². The van der Waals surface area contributed by atoms with Gasteiger partial charge in [-0.25, -0.2) is 4.98 Å². The number of fused-ring (bicyclic) bond motifs is 1. The fraction of sp³-hybridized carbons (Fsp3) is 0.556. The number of nitrogens with zero attached hydrogens (tertiary/aromatic N) is 1. The molecule has 23 heavy (non-hydrogen) atoms. The molecule has 1 atom stereocenters. The lowest BCUT2D eigenvalue weighted by molar-refractivity contribution is -0.942. The Hall–Kier alpha value is -1.57. The number of quaternary nitrogens is 1. The first-order chi connectivity index (χ1) is 11.2. The maximum Gasteiger partial charge on any atom is 0.282 e. The molecule has 1 aliphatic heterocycles. The normalized spacial score (nSPS) is 21.3. The SMILES string of the molecule is C=CCNc1[nH+]c(Cl)c(C#N)c2c1C[NH+](C1CCCCC1)CC2. The number of nitrogens with one attached hydrogen (secondary N) is 3. The molecule has 5 heteroatoms. The van der Waals surface area contributed by atoms with Crippen LogP contribution < -0.4 is 15.2 Å². The van der Waals surface area contributed by atoms with Crippen LogP contribution in [0.5, 0.6) is 0 Å². The number of anilines is 1. The Morgan fingerprint density at radius 1 is 1.35 bits per heavy atom. The second-order valence-electron chi connectivity index (χ2n) is 6.60. The van der Waals surface area contributed by atoms with Gasteiger partial charge in [-0.15, -0.1) is 0 Å². The molecule has 122 valence electrons. The lowest BCUT2D eigenvalue weighted by atomic mass is 9.90. The van der Waals surface area contributed by atoms with Gasteiger partial charge in [-0.2, -0.15) is 5.26 Å². The minimum absolute atomic E-state index is 0.443. The number of aromatic nitrogens is 1. The number of halogens is 1. The van der Waals surface area contributed by atoms with Crippen molar-refractivity contribution in [1.82, 2.24) is 0 Å². The lowest BCUT2D eigenvalue weighted by Gasteiger charge is -2.34. The third-order valence-corrected chi connectivity index (χ3v) is 5.52. The highest BCUT2D eigenvalue weighted by Gasteiger charge is 2.34. The van der Waals surface area contributed by atoms with E-state index in [2.05, 4.69) is 22.9 Å². The molecule has 1 aromatic heterocycles. The van der Waals surface area contributed by atoms with Crippen molar-refractivity contribution in [3.05, 3.63) is 34.5 Å². The summed E-state index contributed by atoms with van der Waals surface area (Å²) in [5, 5.41) is 13.3. The minimum Gasteiger partial charge on any atom is -0.328 e. The van der Waals surface area contributed by atoms with Crippen molar-refractivity contribution >= 4 is 17.4 Å². The predicted octanol–water partition coefficient (Wildman–Crippen LogP) is 1.90. The van der Waals surface area contributed by atoms with Gasteiger partial charge in [0.2, 0.25) is 5.15 Å². The zero-order valence-corrected chi connectivity index (χ0v) is 14.3. The van der Waals surface area contributed by atoms with E-state index >= 15 is 0 Å². The zero-order valence-electron chi connectivity index (χ0n) is 13.6. The molecule has 3 rings (SSSR count). The molecule has 0 amide bonds. The van der Waals surface area contributed by atoms with E-state index < -0.39 is 0 Å². The Morgan fingerprint density at radius 2 is 2.13 bits per heavy atom. The Balaban J connectivity index is 1.92. The average Bonchev–Trinajstić information content (AvgIpc) is 2.60. The third-order valence-electron chi connectivity index (χ3n) is 5.24. The zero-order chi connectivity index (χ0) is 16.2. The summed E-state index contributed by atoms with van der Waals surface area (Å²) in [6.07, 6.45) is 9.54. The van der Waals surface area contributed by atoms with Gasteiger partial charge in [0.05, 0.1) is 18.2 Å². The first-order valence-electron chi connectivity index (χ1n) is 8.60. The second kappa shape index (κ2) is 7.33. The van der Waals surface area contributed by atoms with Crippen molar-refractivity contribution in [3.63, 3.8) is 0 Å². The summed E-state index contributed by atoms with van der Waals surface area (Å²) in [5.41, 5.74) is 2.98. The summed E-state index contributed by atoms with van der Waals surface area (Å²) < 4.78 is 0. The fourth-order valence-corrected chi connectivity index (χ4v) is 4.31. The van der Waals surface area contributed by atoms with Crippen LogP contribution in [0, 0.1) is 11.3 Å². The standard InChI is InChI=1S/C18H23ClN4/c1-2-9-21-18-16-12-23(13-6-4-3-5-7-13)10-8-14(16)15(11-20)17(19)22-18/h2,13H,1,3-10,12H2,(H,21,22)/p+2. The van der Waals surface area contributed by atoms with E-state index in [1.165, 1.54) is 37.7 Å². The molecule has 0 saturated heterocycles. The number of H-pyrrole nitrogens is 1. The maximum absolute atomic E-state index is 9.46. The van der Waals surface area contributed by atoms with Gasteiger partial charge >= 0.3 is 0 Å². The van der Waals surface area contributed by atoms with Crippen LogP contribution in [0.4, 0.5) is 5.82 Å². The lowest BCUT2D eigenvalue weighted by Crippen LogP contribution is -3.15. The van der Waals surface area contributed by atoms with E-state index in [0.29, 0.717) is 17.3 Å². The molecule has 0 bridgehead atoms. The molecular weight excluding hydrogens is 308 g/mol. The van der Waals surface area contributed by atoms with Crippen LogP contribution in [0.3, 0.4) is 0 Å². The smallest absolute Gasteiger partial charge is 0.282 e. The number of aromatic amines is 1. The topological polar surface area (TPSA) is 54.4 Å². The number of nitriles is 1. The van der Waals surface area contributed by atoms with Crippen LogP contribution in [0.25, 0.3) is 0 Å². The quantitative estimate of drug-likeness (QED) is 0.653. The molecule has 0 radical (unpaired) electrons. The van der Waals surface area contributed by atoms with Crippen LogP contribution in [-0.4, -0.2) is 19.1 Å².